The van der Waals surface area contributed by atoms with Gasteiger partial charge in [0.15, 0.2) is 0 Å². The molecule has 0 aliphatic rings. The Labute approximate surface area is 74.7 Å². The Morgan fingerprint density at radius 1 is 1.42 bits per heavy atom. The summed E-state index contributed by atoms with van der Waals surface area (Å²) >= 11 is 0. The smallest absolute Gasteiger partial charge is 0.410 e. The molecule has 0 bridgehead atoms. The standard InChI is InChI=1S/C9H19NO2/c1-6-7-10(5)8(11)12-9(2,3)4/h6-7H2,1-5H3. The zero-order valence-corrected chi connectivity index (χ0v) is 8.68. The third kappa shape index (κ3) is 4.99. The maximum Gasteiger partial charge on any atom is 0.410 e. The van der Waals surface area contributed by atoms with Crippen LogP contribution in [0.25, 0.3) is 0 Å². The highest BCUT2D eigenvalue weighted by Gasteiger charge is 2.18. The number of rotatable bonds is 2. The van der Waals surface area contributed by atoms with Crippen LogP contribution in [-0.2, 0) is 4.74 Å². The van der Waals surface area contributed by atoms with E-state index in [9.17, 15) is 4.79 Å². The van der Waals surface area contributed by atoms with E-state index in [1.165, 1.54) is 0 Å². The van der Waals surface area contributed by atoms with Crippen LogP contribution < -0.4 is 0 Å². The number of amides is 1. The Hall–Kier alpha value is -0.730. The van der Waals surface area contributed by atoms with Crippen molar-refractivity contribution in [1.82, 2.24) is 4.90 Å². The second kappa shape index (κ2) is 4.33. The number of carbonyl (C=O) groups excluding carboxylic acids is 1. The fourth-order valence-corrected chi connectivity index (χ4v) is 0.767. The van der Waals surface area contributed by atoms with E-state index >= 15 is 0 Å². The van der Waals surface area contributed by atoms with Crippen LogP contribution in [0.5, 0.6) is 0 Å². The first-order valence-electron chi connectivity index (χ1n) is 4.31. The highest BCUT2D eigenvalue weighted by atomic mass is 16.6. The van der Waals surface area contributed by atoms with Gasteiger partial charge in [0.1, 0.15) is 5.60 Å². The normalized spacial score (nSPS) is 11.1. The molecule has 0 radical (unpaired) electrons. The molecule has 3 heteroatoms. The van der Waals surface area contributed by atoms with Gasteiger partial charge in [-0.15, -0.1) is 0 Å². The molecule has 0 aromatic rings. The lowest BCUT2D eigenvalue weighted by atomic mass is 10.2. The topological polar surface area (TPSA) is 29.5 Å². The summed E-state index contributed by atoms with van der Waals surface area (Å²) in [6, 6.07) is 0. The van der Waals surface area contributed by atoms with Gasteiger partial charge in [-0.3, -0.25) is 0 Å². The third-order valence-electron chi connectivity index (χ3n) is 1.26. The van der Waals surface area contributed by atoms with Crippen molar-refractivity contribution in [1.29, 1.82) is 0 Å². The molecule has 12 heavy (non-hydrogen) atoms. The van der Waals surface area contributed by atoms with Crippen molar-refractivity contribution in [3.05, 3.63) is 0 Å². The summed E-state index contributed by atoms with van der Waals surface area (Å²) in [5, 5.41) is 0. The molecular formula is C9H19NO2. The second-order valence-corrected chi connectivity index (χ2v) is 3.90. The van der Waals surface area contributed by atoms with Crippen LogP contribution in [0.4, 0.5) is 4.79 Å². The minimum atomic E-state index is -0.390. The largest absolute Gasteiger partial charge is 0.444 e. The minimum Gasteiger partial charge on any atom is -0.444 e. The van der Waals surface area contributed by atoms with Gasteiger partial charge in [-0.2, -0.15) is 0 Å². The minimum absolute atomic E-state index is 0.246. The first kappa shape index (κ1) is 11.3. The third-order valence-corrected chi connectivity index (χ3v) is 1.26. The Morgan fingerprint density at radius 2 is 1.92 bits per heavy atom. The molecule has 1 amide bonds. The van der Waals surface area contributed by atoms with Gasteiger partial charge in [0, 0.05) is 13.6 Å². The molecule has 0 saturated carbocycles. The van der Waals surface area contributed by atoms with Gasteiger partial charge in [0.05, 0.1) is 0 Å². The summed E-state index contributed by atoms with van der Waals surface area (Å²) in [5.41, 5.74) is -0.390. The molecule has 0 saturated heterocycles. The molecule has 0 spiro atoms. The lowest BCUT2D eigenvalue weighted by Crippen LogP contribution is -2.34. The van der Waals surface area contributed by atoms with E-state index in [1.54, 1.807) is 11.9 Å². The van der Waals surface area contributed by atoms with E-state index in [1.807, 2.05) is 27.7 Å². The van der Waals surface area contributed by atoms with E-state index in [-0.39, 0.29) is 11.7 Å². The predicted octanol–water partition coefficient (Wildman–Crippen LogP) is 2.26. The average molecular weight is 173 g/mol. The first-order chi connectivity index (χ1) is 5.37. The van der Waals surface area contributed by atoms with Gasteiger partial charge >= 0.3 is 6.09 Å². The molecule has 3 nitrogen and oxygen atoms in total. The SMILES string of the molecule is CCCN(C)C(=O)OC(C)(C)C. The molecule has 0 aromatic heterocycles. The Kier molecular flexibility index (Phi) is 4.07. The predicted molar refractivity (Wildman–Crippen MR) is 49.2 cm³/mol. The molecular weight excluding hydrogens is 154 g/mol. The quantitative estimate of drug-likeness (QED) is 0.641. The number of hydrogen-bond acceptors (Lipinski definition) is 2. The van der Waals surface area contributed by atoms with Crippen LogP contribution >= 0.6 is 0 Å². The number of hydrogen-bond donors (Lipinski definition) is 0. The van der Waals surface area contributed by atoms with Gasteiger partial charge in [0.2, 0.25) is 0 Å². The van der Waals surface area contributed by atoms with Gasteiger partial charge in [-0.1, -0.05) is 6.92 Å². The summed E-state index contributed by atoms with van der Waals surface area (Å²) in [6.45, 7) is 8.37. The summed E-state index contributed by atoms with van der Waals surface area (Å²) in [4.78, 5) is 12.8. The van der Waals surface area contributed by atoms with E-state index < -0.39 is 0 Å². The van der Waals surface area contributed by atoms with Crippen molar-refractivity contribution in [2.45, 2.75) is 39.7 Å². The van der Waals surface area contributed by atoms with Crippen LogP contribution in [0, 0.1) is 0 Å². The molecule has 0 atom stereocenters. The zero-order valence-electron chi connectivity index (χ0n) is 8.68. The number of ether oxygens (including phenoxy) is 1. The molecule has 0 aliphatic carbocycles. The average Bonchev–Trinajstić information content (AvgIpc) is 1.84. The van der Waals surface area contributed by atoms with Crippen LogP contribution in [0.15, 0.2) is 0 Å². The number of nitrogens with zero attached hydrogens (tertiary/aromatic N) is 1. The van der Waals surface area contributed by atoms with Gasteiger partial charge in [-0.25, -0.2) is 4.79 Å². The maximum atomic E-state index is 11.3. The van der Waals surface area contributed by atoms with Crippen molar-refractivity contribution in [3.8, 4) is 0 Å². The van der Waals surface area contributed by atoms with E-state index in [0.717, 1.165) is 13.0 Å². The molecule has 0 aliphatic heterocycles. The van der Waals surface area contributed by atoms with Gasteiger partial charge in [-0.05, 0) is 27.2 Å². The second-order valence-electron chi connectivity index (χ2n) is 3.90. The Bertz CT molecular complexity index is 149. The van der Waals surface area contributed by atoms with Crippen LogP contribution in [0.3, 0.4) is 0 Å². The van der Waals surface area contributed by atoms with Crippen LogP contribution in [0.2, 0.25) is 0 Å². The van der Waals surface area contributed by atoms with E-state index in [4.69, 9.17) is 4.74 Å². The summed E-state index contributed by atoms with van der Waals surface area (Å²) < 4.78 is 5.14. The monoisotopic (exact) mass is 173 g/mol. The molecule has 0 heterocycles. The zero-order chi connectivity index (χ0) is 9.78. The van der Waals surface area contributed by atoms with Gasteiger partial charge < -0.3 is 9.64 Å². The lowest BCUT2D eigenvalue weighted by molar-refractivity contribution is 0.0299. The van der Waals surface area contributed by atoms with Crippen LogP contribution in [0.1, 0.15) is 34.1 Å². The van der Waals surface area contributed by atoms with Crippen LogP contribution in [-0.4, -0.2) is 30.2 Å². The van der Waals surface area contributed by atoms with Gasteiger partial charge in [0.25, 0.3) is 0 Å². The molecule has 0 N–H and O–H groups in total. The van der Waals surface area contributed by atoms with E-state index in [0.29, 0.717) is 0 Å². The molecule has 0 fully saturated rings. The summed E-state index contributed by atoms with van der Waals surface area (Å²) in [5.74, 6) is 0. The van der Waals surface area contributed by atoms with Crippen molar-refractivity contribution >= 4 is 6.09 Å². The Morgan fingerprint density at radius 3 is 2.25 bits per heavy atom. The van der Waals surface area contributed by atoms with Crippen molar-refractivity contribution in [3.63, 3.8) is 0 Å². The van der Waals surface area contributed by atoms with Crippen molar-refractivity contribution < 1.29 is 9.53 Å². The lowest BCUT2D eigenvalue weighted by Gasteiger charge is -2.24. The molecule has 72 valence electrons. The highest BCUT2D eigenvalue weighted by Crippen LogP contribution is 2.08. The van der Waals surface area contributed by atoms with E-state index in [2.05, 4.69) is 0 Å². The Balaban J connectivity index is 3.87. The molecule has 0 unspecified atom stereocenters. The van der Waals surface area contributed by atoms with Crippen molar-refractivity contribution in [2.75, 3.05) is 13.6 Å². The fraction of sp³-hybridized carbons (Fsp3) is 0.889. The number of carbonyl (C=O) groups is 1. The molecule has 0 aromatic carbocycles. The first-order valence-corrected chi connectivity index (χ1v) is 4.31. The summed E-state index contributed by atoms with van der Waals surface area (Å²) in [6.07, 6.45) is 0.708. The molecule has 0 rings (SSSR count). The maximum absolute atomic E-state index is 11.3. The fourth-order valence-electron chi connectivity index (χ4n) is 0.767. The van der Waals surface area contributed by atoms with Crippen molar-refractivity contribution in [2.24, 2.45) is 0 Å². The highest BCUT2D eigenvalue weighted by molar-refractivity contribution is 5.67. The summed E-state index contributed by atoms with van der Waals surface area (Å²) in [7, 11) is 1.75.